The van der Waals surface area contributed by atoms with Crippen molar-refractivity contribution in [3.8, 4) is 0 Å². The van der Waals surface area contributed by atoms with E-state index in [4.69, 9.17) is 0 Å². The highest BCUT2D eigenvalue weighted by atomic mass is 32.2. The van der Waals surface area contributed by atoms with Crippen LogP contribution in [0.4, 0.5) is 5.69 Å². The van der Waals surface area contributed by atoms with E-state index in [0.29, 0.717) is 29.7 Å². The van der Waals surface area contributed by atoms with Crippen LogP contribution in [-0.4, -0.2) is 25.3 Å². The van der Waals surface area contributed by atoms with Gasteiger partial charge in [0.2, 0.25) is 0 Å². The highest BCUT2D eigenvalue weighted by molar-refractivity contribution is 7.92. The number of rotatable bonds is 11. The molecule has 6 nitrogen and oxygen atoms in total. The maximum Gasteiger partial charge on any atom is 0.335 e. The second-order valence-corrected chi connectivity index (χ2v) is 9.55. The zero-order valence-electron chi connectivity index (χ0n) is 18.5. The Bertz CT molecular complexity index is 1230. The Balaban J connectivity index is 1.59. The molecule has 3 aromatic carbocycles. The van der Waals surface area contributed by atoms with Gasteiger partial charge in [-0.2, -0.15) is 0 Å². The van der Waals surface area contributed by atoms with E-state index >= 15 is 0 Å². The Morgan fingerprint density at radius 3 is 2.00 bits per heavy atom. The van der Waals surface area contributed by atoms with Crippen LogP contribution in [0.5, 0.6) is 0 Å². The summed E-state index contributed by atoms with van der Waals surface area (Å²) in [5, 5.41) is 9.29. The van der Waals surface area contributed by atoms with Gasteiger partial charge in [-0.25, -0.2) is 13.2 Å². The lowest BCUT2D eigenvalue weighted by atomic mass is 9.99. The molecule has 0 heterocycles. The Kier molecular flexibility index (Phi) is 8.01. The average Bonchev–Trinajstić information content (AvgIpc) is 2.80. The Morgan fingerprint density at radius 1 is 0.788 bits per heavy atom. The van der Waals surface area contributed by atoms with Crippen molar-refractivity contribution in [3.63, 3.8) is 0 Å². The number of aryl methyl sites for hydroxylation is 2. The second kappa shape index (κ2) is 10.9. The molecule has 0 aliphatic rings. The van der Waals surface area contributed by atoms with Crippen LogP contribution in [0.2, 0.25) is 0 Å². The van der Waals surface area contributed by atoms with Crippen LogP contribution in [0, 0.1) is 0 Å². The van der Waals surface area contributed by atoms with Crippen LogP contribution in [0.3, 0.4) is 0 Å². The molecule has 0 aliphatic carbocycles. The van der Waals surface area contributed by atoms with E-state index in [2.05, 4.69) is 4.72 Å². The number of para-hydroxylation sites is 1. The summed E-state index contributed by atoms with van der Waals surface area (Å²) in [6.07, 6.45) is 3.97. The first-order chi connectivity index (χ1) is 15.8. The zero-order chi connectivity index (χ0) is 23.8. The van der Waals surface area contributed by atoms with E-state index in [1.807, 2.05) is 24.3 Å². The molecule has 2 N–H and O–H groups in total. The number of sulfonamides is 1. The standard InChI is InChI=1S/C26H27NO5S/c1-19(28)20-15-17-23(18-16-20)33(31,32)27-25-14-8-6-12-22(25)11-4-2-3-9-21-10-5-7-13-24(21)26(29)30/h5-8,10,12-18,27H,2-4,9,11H2,1H3,(H,29,30). The fourth-order valence-corrected chi connectivity index (χ4v) is 4.77. The third kappa shape index (κ3) is 6.52. The molecule has 3 rings (SSSR count). The first kappa shape index (κ1) is 24.2. The van der Waals surface area contributed by atoms with Crippen molar-refractivity contribution in [2.45, 2.75) is 43.9 Å². The number of hydrogen-bond donors (Lipinski definition) is 2. The first-order valence-electron chi connectivity index (χ1n) is 10.8. The summed E-state index contributed by atoms with van der Waals surface area (Å²) < 4.78 is 28.3. The highest BCUT2D eigenvalue weighted by Crippen LogP contribution is 2.23. The summed E-state index contributed by atoms with van der Waals surface area (Å²) in [4.78, 5) is 22.8. The monoisotopic (exact) mass is 465 g/mol. The van der Waals surface area contributed by atoms with E-state index in [-0.39, 0.29) is 10.7 Å². The Hall–Kier alpha value is -3.45. The summed E-state index contributed by atoms with van der Waals surface area (Å²) in [5.74, 6) is -1.04. The minimum Gasteiger partial charge on any atom is -0.478 e. The van der Waals surface area contributed by atoms with Gasteiger partial charge in [0.15, 0.2) is 5.78 Å². The number of aromatic carboxylic acids is 1. The molecule has 0 radical (unpaired) electrons. The van der Waals surface area contributed by atoms with Crippen molar-refractivity contribution >= 4 is 27.5 Å². The number of anilines is 1. The smallest absolute Gasteiger partial charge is 0.335 e. The van der Waals surface area contributed by atoms with Crippen LogP contribution in [0.1, 0.15) is 58.0 Å². The van der Waals surface area contributed by atoms with Gasteiger partial charge in [-0.3, -0.25) is 9.52 Å². The number of nitrogens with one attached hydrogen (secondary N) is 1. The molecule has 7 heteroatoms. The lowest BCUT2D eigenvalue weighted by Gasteiger charge is -2.13. The number of ketones is 1. The number of hydrogen-bond acceptors (Lipinski definition) is 4. The van der Waals surface area contributed by atoms with Crippen molar-refractivity contribution in [2.24, 2.45) is 0 Å². The fraction of sp³-hybridized carbons (Fsp3) is 0.231. The van der Waals surface area contributed by atoms with Gasteiger partial charge >= 0.3 is 5.97 Å². The van der Waals surface area contributed by atoms with Crippen LogP contribution in [0.25, 0.3) is 0 Å². The highest BCUT2D eigenvalue weighted by Gasteiger charge is 2.16. The number of benzene rings is 3. The van der Waals surface area contributed by atoms with Gasteiger partial charge in [0.25, 0.3) is 10.0 Å². The lowest BCUT2D eigenvalue weighted by Crippen LogP contribution is -2.14. The third-order valence-corrected chi connectivity index (χ3v) is 6.85. The molecular formula is C26H27NO5S. The van der Waals surface area contributed by atoms with Gasteiger partial charge in [-0.05, 0) is 68.0 Å². The molecule has 0 saturated heterocycles. The SMILES string of the molecule is CC(=O)c1ccc(S(=O)(=O)Nc2ccccc2CCCCCc2ccccc2C(=O)O)cc1. The van der Waals surface area contributed by atoms with Crippen molar-refractivity contribution in [1.82, 2.24) is 0 Å². The molecule has 0 atom stereocenters. The van der Waals surface area contributed by atoms with Crippen LogP contribution in [-0.2, 0) is 22.9 Å². The van der Waals surface area contributed by atoms with E-state index in [0.717, 1.165) is 30.4 Å². The van der Waals surface area contributed by atoms with Crippen molar-refractivity contribution in [2.75, 3.05) is 4.72 Å². The van der Waals surface area contributed by atoms with E-state index in [9.17, 15) is 23.1 Å². The molecule has 0 unspecified atom stereocenters. The molecule has 0 fully saturated rings. The summed E-state index contributed by atoms with van der Waals surface area (Å²) >= 11 is 0. The fourth-order valence-electron chi connectivity index (χ4n) is 3.66. The largest absolute Gasteiger partial charge is 0.478 e. The van der Waals surface area contributed by atoms with Crippen LogP contribution >= 0.6 is 0 Å². The number of unbranched alkanes of at least 4 members (excludes halogenated alkanes) is 2. The van der Waals surface area contributed by atoms with Crippen molar-refractivity contribution in [1.29, 1.82) is 0 Å². The minimum atomic E-state index is -3.78. The van der Waals surface area contributed by atoms with Gasteiger partial charge in [-0.15, -0.1) is 0 Å². The number of carboxylic acid groups (broad SMARTS) is 1. The van der Waals surface area contributed by atoms with E-state index in [1.165, 1.54) is 31.2 Å². The van der Waals surface area contributed by atoms with Crippen LogP contribution in [0.15, 0.2) is 77.7 Å². The molecule has 33 heavy (non-hydrogen) atoms. The number of carbonyl (C=O) groups excluding carboxylic acids is 1. The molecule has 0 bridgehead atoms. The normalized spacial score (nSPS) is 11.2. The zero-order valence-corrected chi connectivity index (χ0v) is 19.3. The predicted molar refractivity (Wildman–Crippen MR) is 128 cm³/mol. The molecule has 0 amide bonds. The van der Waals surface area contributed by atoms with Gasteiger partial charge in [0.05, 0.1) is 16.1 Å². The maximum absolute atomic E-state index is 12.8. The molecule has 3 aromatic rings. The van der Waals surface area contributed by atoms with Gasteiger partial charge < -0.3 is 5.11 Å². The lowest BCUT2D eigenvalue weighted by molar-refractivity contribution is 0.0695. The summed E-state index contributed by atoms with van der Waals surface area (Å²) in [7, 11) is -3.78. The molecule has 0 aliphatic heterocycles. The molecule has 0 aromatic heterocycles. The molecule has 172 valence electrons. The Labute approximate surface area is 194 Å². The minimum absolute atomic E-state index is 0.0967. The number of Topliss-reactive ketones (excluding diaryl/α,β-unsaturated/α-hetero) is 1. The van der Waals surface area contributed by atoms with Crippen LogP contribution < -0.4 is 4.72 Å². The maximum atomic E-state index is 12.8. The van der Waals surface area contributed by atoms with Crippen molar-refractivity contribution < 1.29 is 23.1 Å². The summed E-state index contributed by atoms with van der Waals surface area (Å²) in [6.45, 7) is 1.43. The van der Waals surface area contributed by atoms with Gasteiger partial charge in [0, 0.05) is 5.56 Å². The summed E-state index contributed by atoms with van der Waals surface area (Å²) in [6, 6.07) is 20.2. The quantitative estimate of drug-likeness (QED) is 0.294. The van der Waals surface area contributed by atoms with Gasteiger partial charge in [0.1, 0.15) is 0 Å². The number of carbonyl (C=O) groups is 2. The average molecular weight is 466 g/mol. The molecule has 0 spiro atoms. The topological polar surface area (TPSA) is 101 Å². The first-order valence-corrected chi connectivity index (χ1v) is 12.3. The second-order valence-electron chi connectivity index (χ2n) is 7.87. The van der Waals surface area contributed by atoms with Crippen molar-refractivity contribution in [3.05, 3.63) is 95.1 Å². The summed E-state index contributed by atoms with van der Waals surface area (Å²) in [5.41, 5.74) is 3.06. The van der Waals surface area contributed by atoms with Gasteiger partial charge in [-0.1, -0.05) is 55.0 Å². The van der Waals surface area contributed by atoms with E-state index in [1.54, 1.807) is 24.3 Å². The van der Waals surface area contributed by atoms with E-state index < -0.39 is 16.0 Å². The third-order valence-electron chi connectivity index (χ3n) is 5.47. The Morgan fingerprint density at radius 2 is 1.36 bits per heavy atom. The molecule has 0 saturated carbocycles. The predicted octanol–water partition coefficient (Wildman–Crippen LogP) is 5.34. The number of carboxylic acids is 1. The molecular weight excluding hydrogens is 438 g/mol.